The normalized spacial score (nSPS) is 14.5. The molecule has 1 saturated heterocycles. The van der Waals surface area contributed by atoms with Gasteiger partial charge in [-0.1, -0.05) is 11.6 Å². The second kappa shape index (κ2) is 9.04. The molecule has 0 spiro atoms. The molecule has 0 saturated carbocycles. The number of amides is 1. The predicted molar refractivity (Wildman–Crippen MR) is 112 cm³/mol. The minimum atomic E-state index is -0.461. The summed E-state index contributed by atoms with van der Waals surface area (Å²) in [5, 5.41) is 15.1. The number of rotatable bonds is 6. The average Bonchev–Trinajstić information content (AvgIpc) is 2.70. The van der Waals surface area contributed by atoms with Crippen LogP contribution in [-0.2, 0) is 4.79 Å². The van der Waals surface area contributed by atoms with Crippen LogP contribution in [0, 0.1) is 16.0 Å². The van der Waals surface area contributed by atoms with Gasteiger partial charge in [-0.25, -0.2) is 4.98 Å². The van der Waals surface area contributed by atoms with Crippen molar-refractivity contribution in [3.05, 3.63) is 45.6 Å². The third kappa shape index (κ3) is 5.32. The highest BCUT2D eigenvalue weighted by Crippen LogP contribution is 2.31. The molecule has 2 aromatic rings. The van der Waals surface area contributed by atoms with Gasteiger partial charge < -0.3 is 15.1 Å². The molecule has 1 aliphatic heterocycles. The van der Waals surface area contributed by atoms with Crippen LogP contribution in [0.2, 0.25) is 5.02 Å². The van der Waals surface area contributed by atoms with Gasteiger partial charge >= 0.3 is 5.69 Å². The van der Waals surface area contributed by atoms with Gasteiger partial charge in [0.1, 0.15) is 6.20 Å². The molecule has 1 aliphatic rings. The molecule has 1 fully saturated rings. The number of halogens is 1. The average molecular weight is 419 g/mol. The number of hydrogen-bond acceptors (Lipinski definition) is 7. The summed E-state index contributed by atoms with van der Waals surface area (Å²) < 4.78 is 0. The number of nitrogens with one attached hydrogen (secondary N) is 1. The van der Waals surface area contributed by atoms with Crippen molar-refractivity contribution in [2.75, 3.05) is 36.9 Å². The number of piperidine rings is 1. The van der Waals surface area contributed by atoms with Crippen LogP contribution in [0.1, 0.15) is 19.8 Å². The molecule has 2 heterocycles. The van der Waals surface area contributed by atoms with Crippen LogP contribution in [0.5, 0.6) is 0 Å². The Labute approximate surface area is 173 Å². The first-order chi connectivity index (χ1) is 13.8. The fourth-order valence-electron chi connectivity index (χ4n) is 3.29. The van der Waals surface area contributed by atoms with Crippen molar-refractivity contribution >= 4 is 40.6 Å². The van der Waals surface area contributed by atoms with E-state index in [1.165, 1.54) is 6.20 Å². The standard InChI is InChI=1S/C19H23ClN6O3/c1-13(27)24(2)12-14-7-9-25(10-8-14)18-17(26(28)29)11-21-19(23-18)22-16-5-3-15(20)4-6-16/h3-6,11,14H,7-10,12H2,1-2H3,(H,21,22,23). The summed E-state index contributed by atoms with van der Waals surface area (Å²) in [4.78, 5) is 34.6. The van der Waals surface area contributed by atoms with Crippen molar-refractivity contribution in [1.29, 1.82) is 0 Å². The first-order valence-electron chi connectivity index (χ1n) is 9.34. The van der Waals surface area contributed by atoms with Crippen LogP contribution in [0.15, 0.2) is 30.5 Å². The van der Waals surface area contributed by atoms with Gasteiger partial charge in [0.2, 0.25) is 17.7 Å². The summed E-state index contributed by atoms with van der Waals surface area (Å²) in [6.07, 6.45) is 2.90. The monoisotopic (exact) mass is 418 g/mol. The highest BCUT2D eigenvalue weighted by atomic mass is 35.5. The molecule has 0 aliphatic carbocycles. The minimum Gasteiger partial charge on any atom is -0.351 e. The van der Waals surface area contributed by atoms with E-state index in [0.717, 1.165) is 18.5 Å². The first kappa shape index (κ1) is 20.8. The lowest BCUT2D eigenvalue weighted by Gasteiger charge is -2.34. The molecule has 9 nitrogen and oxygen atoms in total. The summed E-state index contributed by atoms with van der Waals surface area (Å²) in [6, 6.07) is 7.03. The maximum absolute atomic E-state index is 11.5. The second-order valence-electron chi connectivity index (χ2n) is 7.12. The lowest BCUT2D eigenvalue weighted by Crippen LogP contribution is -2.39. The summed E-state index contributed by atoms with van der Waals surface area (Å²) in [5.41, 5.74) is 0.617. The number of aromatic nitrogens is 2. The Morgan fingerprint density at radius 3 is 2.59 bits per heavy atom. The highest BCUT2D eigenvalue weighted by molar-refractivity contribution is 6.30. The Hall–Kier alpha value is -2.94. The second-order valence-corrected chi connectivity index (χ2v) is 7.56. The van der Waals surface area contributed by atoms with E-state index < -0.39 is 4.92 Å². The van der Waals surface area contributed by atoms with Crippen LogP contribution >= 0.6 is 11.6 Å². The van der Waals surface area contributed by atoms with E-state index in [-0.39, 0.29) is 17.5 Å². The highest BCUT2D eigenvalue weighted by Gasteiger charge is 2.28. The van der Waals surface area contributed by atoms with Crippen molar-refractivity contribution in [3.8, 4) is 0 Å². The maximum atomic E-state index is 11.5. The molecule has 3 rings (SSSR count). The minimum absolute atomic E-state index is 0.0387. The Morgan fingerprint density at radius 1 is 1.34 bits per heavy atom. The SMILES string of the molecule is CC(=O)N(C)CC1CCN(c2nc(Nc3ccc(Cl)cc3)ncc2[N+](=O)[O-])CC1. The van der Waals surface area contributed by atoms with E-state index in [1.54, 1.807) is 43.1 Å². The van der Waals surface area contributed by atoms with E-state index in [1.807, 2.05) is 4.90 Å². The maximum Gasteiger partial charge on any atom is 0.329 e. The zero-order valence-electron chi connectivity index (χ0n) is 16.3. The smallest absolute Gasteiger partial charge is 0.329 e. The number of benzene rings is 1. The van der Waals surface area contributed by atoms with Gasteiger partial charge in [-0.05, 0) is 43.0 Å². The molecule has 0 bridgehead atoms. The molecule has 10 heteroatoms. The van der Waals surface area contributed by atoms with Gasteiger partial charge in [0.15, 0.2) is 0 Å². The lowest BCUT2D eigenvalue weighted by atomic mass is 9.96. The Bertz CT molecular complexity index is 884. The van der Waals surface area contributed by atoms with Crippen LogP contribution in [-0.4, -0.2) is 52.4 Å². The van der Waals surface area contributed by atoms with E-state index in [0.29, 0.717) is 36.4 Å². The molecule has 1 amide bonds. The first-order valence-corrected chi connectivity index (χ1v) is 9.72. The Balaban J connectivity index is 1.74. The van der Waals surface area contributed by atoms with Gasteiger partial charge in [0, 0.05) is 44.3 Å². The molecule has 0 atom stereocenters. The van der Waals surface area contributed by atoms with Crippen molar-refractivity contribution in [3.63, 3.8) is 0 Å². The number of nitro groups is 1. The Kier molecular flexibility index (Phi) is 6.48. The molecule has 1 N–H and O–H groups in total. The van der Waals surface area contributed by atoms with Crippen molar-refractivity contribution in [2.45, 2.75) is 19.8 Å². The molecule has 154 valence electrons. The molecule has 1 aromatic carbocycles. The largest absolute Gasteiger partial charge is 0.351 e. The van der Waals surface area contributed by atoms with Gasteiger partial charge in [0.25, 0.3) is 0 Å². The molecule has 29 heavy (non-hydrogen) atoms. The summed E-state index contributed by atoms with van der Waals surface area (Å²) in [5.74, 6) is 0.996. The van der Waals surface area contributed by atoms with E-state index in [9.17, 15) is 14.9 Å². The third-order valence-corrected chi connectivity index (χ3v) is 5.28. The number of anilines is 3. The molecule has 0 unspecified atom stereocenters. The van der Waals surface area contributed by atoms with Crippen LogP contribution in [0.3, 0.4) is 0 Å². The van der Waals surface area contributed by atoms with E-state index in [2.05, 4.69) is 15.3 Å². The van der Waals surface area contributed by atoms with Crippen LogP contribution in [0.4, 0.5) is 23.1 Å². The van der Waals surface area contributed by atoms with Gasteiger partial charge in [-0.15, -0.1) is 0 Å². The topological polar surface area (TPSA) is 104 Å². The molecule has 0 radical (unpaired) electrons. The van der Waals surface area contributed by atoms with E-state index >= 15 is 0 Å². The number of hydrogen-bond donors (Lipinski definition) is 1. The van der Waals surface area contributed by atoms with Crippen LogP contribution < -0.4 is 10.2 Å². The molecular formula is C19H23ClN6O3. The van der Waals surface area contributed by atoms with Gasteiger partial charge in [-0.3, -0.25) is 14.9 Å². The third-order valence-electron chi connectivity index (χ3n) is 5.03. The molecular weight excluding hydrogens is 396 g/mol. The number of carbonyl (C=O) groups excluding carboxylic acids is 1. The zero-order valence-corrected chi connectivity index (χ0v) is 17.1. The van der Waals surface area contributed by atoms with Crippen molar-refractivity contribution < 1.29 is 9.72 Å². The van der Waals surface area contributed by atoms with Gasteiger partial charge in [-0.2, -0.15) is 4.98 Å². The Morgan fingerprint density at radius 2 is 2.00 bits per heavy atom. The fraction of sp³-hybridized carbons (Fsp3) is 0.421. The number of nitrogens with zero attached hydrogens (tertiary/aromatic N) is 5. The summed E-state index contributed by atoms with van der Waals surface area (Å²) in [7, 11) is 1.79. The van der Waals surface area contributed by atoms with E-state index in [4.69, 9.17) is 11.6 Å². The summed E-state index contributed by atoms with van der Waals surface area (Å²) in [6.45, 7) is 3.51. The quantitative estimate of drug-likeness (QED) is 0.565. The lowest BCUT2D eigenvalue weighted by molar-refractivity contribution is -0.384. The predicted octanol–water partition coefficient (Wildman–Crippen LogP) is 3.48. The molecule has 1 aromatic heterocycles. The van der Waals surface area contributed by atoms with Crippen molar-refractivity contribution in [2.24, 2.45) is 5.92 Å². The number of carbonyl (C=O) groups is 1. The fourth-order valence-corrected chi connectivity index (χ4v) is 3.42. The van der Waals surface area contributed by atoms with Gasteiger partial charge in [0.05, 0.1) is 4.92 Å². The zero-order chi connectivity index (χ0) is 21.0. The van der Waals surface area contributed by atoms with Crippen molar-refractivity contribution in [1.82, 2.24) is 14.9 Å². The van der Waals surface area contributed by atoms with Crippen LogP contribution in [0.25, 0.3) is 0 Å². The summed E-state index contributed by atoms with van der Waals surface area (Å²) >= 11 is 5.90.